The highest BCUT2D eigenvalue weighted by Crippen LogP contribution is 2.30. The number of ether oxygens (including phenoxy) is 2. The summed E-state index contributed by atoms with van der Waals surface area (Å²) < 4.78 is 108. The first kappa shape index (κ1) is 21.5. The molecule has 0 saturated carbocycles. The number of esters is 1. The maximum absolute atomic E-state index is 12.2. The van der Waals surface area contributed by atoms with Gasteiger partial charge in [-0.15, -0.1) is 0 Å². The predicted molar refractivity (Wildman–Crippen MR) is 76.2 cm³/mol. The van der Waals surface area contributed by atoms with Gasteiger partial charge in [0.05, 0.1) is 17.4 Å². The van der Waals surface area contributed by atoms with Crippen LogP contribution < -0.4 is 5.11 Å². The number of carbonyl (C=O) groups is 1. The van der Waals surface area contributed by atoms with E-state index in [0.717, 1.165) is 12.1 Å². The lowest BCUT2D eigenvalue weighted by atomic mass is 10.0. The minimum Gasteiger partial charge on any atom is -0.603 e. The van der Waals surface area contributed by atoms with Crippen molar-refractivity contribution in [2.24, 2.45) is 4.40 Å². The summed E-state index contributed by atoms with van der Waals surface area (Å²) in [5.74, 6) is -4.09. The third-order valence-electron chi connectivity index (χ3n) is 3.01. The van der Waals surface area contributed by atoms with Crippen molar-refractivity contribution in [1.29, 1.82) is 0 Å². The van der Waals surface area contributed by atoms with Gasteiger partial charge in [-0.1, -0.05) is 18.2 Å². The average Bonchev–Trinajstić information content (AvgIpc) is 2.82. The van der Waals surface area contributed by atoms with Gasteiger partial charge in [0.15, 0.2) is 6.61 Å². The summed E-state index contributed by atoms with van der Waals surface area (Å²) >= 11 is 0. The fourth-order valence-corrected chi connectivity index (χ4v) is 3.22. The third kappa shape index (κ3) is 5.15. The topological polar surface area (TPSA) is 105 Å². The van der Waals surface area contributed by atoms with Crippen LogP contribution in [0.1, 0.15) is 5.56 Å². The van der Waals surface area contributed by atoms with Crippen molar-refractivity contribution in [3.05, 3.63) is 41.3 Å². The lowest BCUT2D eigenvalue weighted by Crippen LogP contribution is -2.29. The number of hydrogen-bond acceptors (Lipinski definition) is 6. The number of alkyl halides is 6. The van der Waals surface area contributed by atoms with E-state index in [1.165, 1.54) is 12.1 Å². The van der Waals surface area contributed by atoms with E-state index in [-0.39, 0.29) is 5.56 Å². The monoisotopic (exact) mass is 432 g/mol. The van der Waals surface area contributed by atoms with E-state index < -0.39 is 63.7 Å². The van der Waals surface area contributed by atoms with Crippen LogP contribution in [-0.2, 0) is 24.3 Å². The van der Waals surface area contributed by atoms with Gasteiger partial charge >= 0.3 is 18.3 Å². The molecule has 0 N–H and O–H groups in total. The van der Waals surface area contributed by atoms with E-state index in [0.29, 0.717) is 0 Å². The van der Waals surface area contributed by atoms with Crippen LogP contribution in [0.25, 0.3) is 0 Å². The van der Waals surface area contributed by atoms with Gasteiger partial charge in [-0.05, 0) is 6.07 Å². The Kier molecular flexibility index (Phi) is 5.64. The zero-order valence-electron chi connectivity index (χ0n) is 13.3. The first-order valence-electron chi connectivity index (χ1n) is 7.01. The molecular formula is C14H8F6NO6S-. The third-order valence-corrected chi connectivity index (χ3v) is 4.35. The molecule has 154 valence electrons. The Hall–Kier alpha value is -2.77. The van der Waals surface area contributed by atoms with E-state index in [1.54, 1.807) is 0 Å². The first-order valence-corrected chi connectivity index (χ1v) is 8.45. The summed E-state index contributed by atoms with van der Waals surface area (Å²) in [4.78, 5) is 11.4. The van der Waals surface area contributed by atoms with Crippen LogP contribution >= 0.6 is 0 Å². The van der Waals surface area contributed by atoms with Crippen molar-refractivity contribution < 1.29 is 54.1 Å². The van der Waals surface area contributed by atoms with E-state index in [9.17, 15) is 44.7 Å². The number of nitrogens with zero attached hydrogens (tertiary/aromatic N) is 1. The molecule has 0 amide bonds. The van der Waals surface area contributed by atoms with Gasteiger partial charge in [-0.2, -0.15) is 39.2 Å². The van der Waals surface area contributed by atoms with Crippen LogP contribution in [-0.4, -0.2) is 45.7 Å². The zero-order valence-corrected chi connectivity index (χ0v) is 14.1. The van der Waals surface area contributed by atoms with Gasteiger partial charge in [0.25, 0.3) is 10.0 Å². The first-order chi connectivity index (χ1) is 12.7. The molecule has 0 spiro atoms. The highest BCUT2D eigenvalue weighted by atomic mass is 32.2. The molecule has 28 heavy (non-hydrogen) atoms. The molecule has 0 aliphatic carbocycles. The van der Waals surface area contributed by atoms with Gasteiger partial charge in [0.1, 0.15) is 11.3 Å². The summed E-state index contributed by atoms with van der Waals surface area (Å²) in [5.41, 5.74) is -2.87. The quantitative estimate of drug-likeness (QED) is 0.302. The Bertz CT molecular complexity index is 948. The molecule has 1 aliphatic heterocycles. The fourth-order valence-electron chi connectivity index (χ4n) is 2.00. The molecule has 0 unspecified atom stereocenters. The number of hydrogen-bond donors (Lipinski definition) is 0. The number of rotatable bonds is 5. The van der Waals surface area contributed by atoms with Crippen molar-refractivity contribution >= 4 is 21.7 Å². The van der Waals surface area contributed by atoms with Crippen LogP contribution in [0.15, 0.2) is 45.1 Å². The Labute approximate surface area is 152 Å². The second-order valence-electron chi connectivity index (χ2n) is 5.17. The normalized spacial score (nSPS) is 16.7. The lowest BCUT2D eigenvalue weighted by Gasteiger charge is -2.21. The molecule has 0 fully saturated rings. The number of fused-ring (bicyclic) bond motifs is 1. The van der Waals surface area contributed by atoms with Crippen molar-refractivity contribution in [2.75, 3.05) is 13.2 Å². The maximum atomic E-state index is 12.2. The number of halogens is 6. The van der Waals surface area contributed by atoms with Gasteiger partial charge in [-0.3, -0.25) is 0 Å². The smallest absolute Gasteiger partial charge is 0.422 e. The van der Waals surface area contributed by atoms with E-state index in [4.69, 9.17) is 0 Å². The van der Waals surface area contributed by atoms with Gasteiger partial charge in [0.2, 0.25) is 0 Å². The molecule has 0 radical (unpaired) electrons. The molecule has 0 bridgehead atoms. The standard InChI is InChI=1S/C14H9F6NO6S/c15-13(16,17)5-26-11(22)9(12(23)27-6-14(18,19)20)10-7-3-1-2-4-8(7)28(24,25)21-10/h1-4,22H,5-6H2/p-1/b11-9-. The number of carbonyl (C=O) groups excluding carboxylic acids is 1. The summed E-state index contributed by atoms with van der Waals surface area (Å²) in [6.45, 7) is -4.35. The molecule has 1 aromatic carbocycles. The summed E-state index contributed by atoms with van der Waals surface area (Å²) in [6, 6.07) is 4.56. The second kappa shape index (κ2) is 7.33. The molecule has 0 saturated heterocycles. The molecule has 1 aromatic rings. The molecule has 0 aromatic heterocycles. The van der Waals surface area contributed by atoms with E-state index in [1.807, 2.05) is 0 Å². The van der Waals surface area contributed by atoms with Gasteiger partial charge in [-0.25, -0.2) is 4.79 Å². The Morgan fingerprint density at radius 2 is 1.54 bits per heavy atom. The van der Waals surface area contributed by atoms with Crippen LogP contribution in [0, 0.1) is 0 Å². The van der Waals surface area contributed by atoms with Crippen LogP contribution in [0.5, 0.6) is 0 Å². The van der Waals surface area contributed by atoms with Crippen molar-refractivity contribution in [2.45, 2.75) is 17.2 Å². The van der Waals surface area contributed by atoms with Crippen LogP contribution in [0.3, 0.4) is 0 Å². The average molecular weight is 432 g/mol. The molecule has 7 nitrogen and oxygen atoms in total. The second-order valence-corrected chi connectivity index (χ2v) is 6.74. The minimum atomic E-state index is -5.02. The van der Waals surface area contributed by atoms with Crippen LogP contribution in [0.2, 0.25) is 0 Å². The predicted octanol–water partition coefficient (Wildman–Crippen LogP) is 1.43. The largest absolute Gasteiger partial charge is 0.603 e. The van der Waals surface area contributed by atoms with Crippen molar-refractivity contribution in [3.8, 4) is 0 Å². The van der Waals surface area contributed by atoms with E-state index >= 15 is 0 Å². The Balaban J connectivity index is 2.52. The summed E-state index contributed by atoms with van der Waals surface area (Å²) in [5, 5.41) is 11.9. The van der Waals surface area contributed by atoms with Crippen molar-refractivity contribution in [3.63, 3.8) is 0 Å². The summed E-state index contributed by atoms with van der Waals surface area (Å²) in [7, 11) is -4.45. The molecule has 14 heteroatoms. The van der Waals surface area contributed by atoms with Crippen molar-refractivity contribution in [1.82, 2.24) is 0 Å². The SMILES string of the molecule is O=C(OCC(F)(F)F)/C(C1=NS(=O)(=O)c2ccccc21)=C(/[O-])OCC(F)(F)F. The lowest BCUT2D eigenvalue weighted by molar-refractivity contribution is -0.367. The molecule has 1 heterocycles. The minimum absolute atomic E-state index is 0.384. The zero-order chi connectivity index (χ0) is 21.3. The highest BCUT2D eigenvalue weighted by Gasteiger charge is 2.37. The Morgan fingerprint density at radius 1 is 1.00 bits per heavy atom. The molecule has 2 rings (SSSR count). The maximum Gasteiger partial charge on any atom is 0.422 e. The van der Waals surface area contributed by atoms with Gasteiger partial charge in [0, 0.05) is 5.56 Å². The summed E-state index contributed by atoms with van der Waals surface area (Å²) in [6.07, 6.45) is -10.0. The van der Waals surface area contributed by atoms with Gasteiger partial charge < -0.3 is 14.6 Å². The molecule has 1 aliphatic rings. The Morgan fingerprint density at radius 3 is 2.11 bits per heavy atom. The van der Waals surface area contributed by atoms with E-state index in [2.05, 4.69) is 13.9 Å². The van der Waals surface area contributed by atoms with Crippen LogP contribution in [0.4, 0.5) is 26.3 Å². The highest BCUT2D eigenvalue weighted by molar-refractivity contribution is 7.90. The number of sulfonamides is 1. The molecule has 0 atom stereocenters. The number of benzene rings is 1. The fraction of sp³-hybridized carbons (Fsp3) is 0.286. The molecular weight excluding hydrogens is 424 g/mol.